The van der Waals surface area contributed by atoms with Crippen molar-refractivity contribution in [1.29, 1.82) is 0 Å². The smallest absolute Gasteiger partial charge is 0.245 e. The Labute approximate surface area is 123 Å². The van der Waals surface area contributed by atoms with Gasteiger partial charge in [0.2, 0.25) is 10.0 Å². The number of aromatic nitrogens is 2. The van der Waals surface area contributed by atoms with E-state index in [1.807, 2.05) is 0 Å². The number of sulfonamides is 1. The molecule has 0 amide bonds. The van der Waals surface area contributed by atoms with Crippen LogP contribution in [0.4, 0.5) is 0 Å². The van der Waals surface area contributed by atoms with Crippen molar-refractivity contribution in [3.8, 4) is 0 Å². The van der Waals surface area contributed by atoms with Crippen molar-refractivity contribution in [2.75, 3.05) is 13.1 Å². The zero-order valence-electron chi connectivity index (χ0n) is 10.8. The minimum Gasteiger partial charge on any atom is -0.345 e. The molecule has 0 radical (unpaired) electrons. The van der Waals surface area contributed by atoms with Crippen molar-refractivity contribution >= 4 is 33.5 Å². The summed E-state index contributed by atoms with van der Waals surface area (Å²) in [5.74, 6) is 0. The monoisotopic (exact) mass is 316 g/mol. The number of fused-ring (bicyclic) bond motifs is 1. The first kappa shape index (κ1) is 15.2. The van der Waals surface area contributed by atoms with Gasteiger partial charge in [0.15, 0.2) is 0 Å². The van der Waals surface area contributed by atoms with Gasteiger partial charge in [-0.15, -0.1) is 12.4 Å². The van der Waals surface area contributed by atoms with Crippen LogP contribution in [0.5, 0.6) is 0 Å². The molecule has 0 unspecified atom stereocenters. The lowest BCUT2D eigenvalue weighted by molar-refractivity contribution is 0.320. The van der Waals surface area contributed by atoms with Crippen molar-refractivity contribution < 1.29 is 8.42 Å². The first-order valence-electron chi connectivity index (χ1n) is 6.27. The fourth-order valence-corrected chi connectivity index (χ4v) is 4.02. The van der Waals surface area contributed by atoms with Gasteiger partial charge in [-0.3, -0.25) is 0 Å². The zero-order chi connectivity index (χ0) is 13.5. The van der Waals surface area contributed by atoms with Gasteiger partial charge in [-0.25, -0.2) is 13.4 Å². The highest BCUT2D eigenvalue weighted by molar-refractivity contribution is 7.89. The highest BCUT2D eigenvalue weighted by atomic mass is 35.5. The molecule has 1 aliphatic rings. The van der Waals surface area contributed by atoms with E-state index in [0.29, 0.717) is 41.9 Å². The van der Waals surface area contributed by atoms with E-state index >= 15 is 0 Å². The van der Waals surface area contributed by atoms with Crippen LogP contribution in [0.15, 0.2) is 29.4 Å². The lowest BCUT2D eigenvalue weighted by atomic mass is 10.1. The molecule has 1 aliphatic heterocycles. The summed E-state index contributed by atoms with van der Waals surface area (Å²) in [5.41, 5.74) is 6.40. The Hall–Kier alpha value is -1.15. The van der Waals surface area contributed by atoms with Gasteiger partial charge >= 0.3 is 0 Å². The Morgan fingerprint density at radius 3 is 2.75 bits per heavy atom. The van der Waals surface area contributed by atoms with Crippen LogP contribution in [0.3, 0.4) is 0 Å². The number of piperidine rings is 1. The summed E-state index contributed by atoms with van der Waals surface area (Å²) in [6.07, 6.45) is 4.57. The molecule has 2 aromatic rings. The van der Waals surface area contributed by atoms with E-state index in [1.165, 1.54) is 10.5 Å². The maximum absolute atomic E-state index is 12.6. The SMILES string of the molecule is Cl.NC1CCN(S(=O)(=O)c2c[nH]c3ncccc23)CC1. The fraction of sp³-hybridized carbons (Fsp3) is 0.417. The molecule has 3 N–H and O–H groups in total. The van der Waals surface area contributed by atoms with Gasteiger partial charge in [-0.05, 0) is 25.0 Å². The van der Waals surface area contributed by atoms with E-state index in [2.05, 4.69) is 9.97 Å². The summed E-state index contributed by atoms with van der Waals surface area (Å²) in [5, 5.41) is 0.636. The van der Waals surface area contributed by atoms with Crippen LogP contribution in [0.2, 0.25) is 0 Å². The number of rotatable bonds is 2. The molecular weight excluding hydrogens is 300 g/mol. The van der Waals surface area contributed by atoms with Gasteiger partial charge in [0.25, 0.3) is 0 Å². The standard InChI is InChI=1S/C12H16N4O2S.ClH/c13-9-3-6-16(7-4-9)19(17,18)11-8-15-12-10(11)2-1-5-14-12;/h1-2,5,8-9H,3-4,6-7,13H2,(H,14,15);1H. The maximum atomic E-state index is 12.6. The largest absolute Gasteiger partial charge is 0.345 e. The zero-order valence-corrected chi connectivity index (χ0v) is 12.5. The second-order valence-electron chi connectivity index (χ2n) is 4.79. The number of H-pyrrole nitrogens is 1. The van der Waals surface area contributed by atoms with Gasteiger partial charge < -0.3 is 10.7 Å². The third kappa shape index (κ3) is 2.54. The molecule has 20 heavy (non-hydrogen) atoms. The topological polar surface area (TPSA) is 92.1 Å². The van der Waals surface area contributed by atoms with Gasteiger partial charge in [0.1, 0.15) is 10.5 Å². The molecule has 2 aromatic heterocycles. The molecule has 8 heteroatoms. The number of nitrogens with zero attached hydrogens (tertiary/aromatic N) is 2. The lowest BCUT2D eigenvalue weighted by Crippen LogP contribution is -2.42. The van der Waals surface area contributed by atoms with Gasteiger partial charge in [0.05, 0.1) is 0 Å². The maximum Gasteiger partial charge on any atom is 0.245 e. The Balaban J connectivity index is 0.00000147. The van der Waals surface area contributed by atoms with E-state index in [1.54, 1.807) is 18.3 Å². The van der Waals surface area contributed by atoms with Crippen molar-refractivity contribution in [3.05, 3.63) is 24.5 Å². The summed E-state index contributed by atoms with van der Waals surface area (Å²) in [6, 6.07) is 3.61. The highest BCUT2D eigenvalue weighted by Gasteiger charge is 2.30. The van der Waals surface area contributed by atoms with E-state index < -0.39 is 10.0 Å². The number of nitrogens with two attached hydrogens (primary N) is 1. The summed E-state index contributed by atoms with van der Waals surface area (Å²) in [4.78, 5) is 7.31. The Kier molecular flexibility index (Phi) is 4.33. The molecule has 3 heterocycles. The van der Waals surface area contributed by atoms with Crippen LogP contribution in [0.1, 0.15) is 12.8 Å². The van der Waals surface area contributed by atoms with Crippen LogP contribution >= 0.6 is 12.4 Å². The Morgan fingerprint density at radius 2 is 2.05 bits per heavy atom. The summed E-state index contributed by atoms with van der Waals surface area (Å²) in [6.45, 7) is 0.965. The van der Waals surface area contributed by atoms with Gasteiger partial charge in [-0.1, -0.05) is 0 Å². The molecule has 0 aromatic carbocycles. The number of hydrogen-bond donors (Lipinski definition) is 2. The average molecular weight is 317 g/mol. The van der Waals surface area contributed by atoms with Crippen LogP contribution in [-0.4, -0.2) is 41.8 Å². The minimum absolute atomic E-state index is 0. The minimum atomic E-state index is -3.46. The molecule has 110 valence electrons. The predicted octanol–water partition coefficient (Wildman–Crippen LogP) is 1.10. The van der Waals surface area contributed by atoms with Crippen LogP contribution in [0.25, 0.3) is 11.0 Å². The lowest BCUT2D eigenvalue weighted by Gasteiger charge is -2.29. The second-order valence-corrected chi connectivity index (χ2v) is 6.70. The van der Waals surface area contributed by atoms with E-state index in [-0.39, 0.29) is 18.4 Å². The quantitative estimate of drug-likeness (QED) is 0.867. The molecule has 0 saturated carbocycles. The molecular formula is C12H17ClN4O2S. The van der Waals surface area contributed by atoms with Crippen molar-refractivity contribution in [2.45, 2.75) is 23.8 Å². The fourth-order valence-electron chi connectivity index (χ4n) is 2.40. The third-order valence-electron chi connectivity index (χ3n) is 3.53. The number of pyridine rings is 1. The van der Waals surface area contributed by atoms with Crippen molar-refractivity contribution in [1.82, 2.24) is 14.3 Å². The Morgan fingerprint density at radius 1 is 1.35 bits per heavy atom. The first-order chi connectivity index (χ1) is 9.09. The Bertz CT molecular complexity index is 692. The molecule has 1 fully saturated rings. The molecule has 1 saturated heterocycles. The second kappa shape index (κ2) is 5.69. The van der Waals surface area contributed by atoms with Crippen LogP contribution < -0.4 is 5.73 Å². The van der Waals surface area contributed by atoms with E-state index in [0.717, 1.165) is 0 Å². The molecule has 0 bridgehead atoms. The van der Waals surface area contributed by atoms with Gasteiger partial charge in [-0.2, -0.15) is 4.31 Å². The predicted molar refractivity (Wildman–Crippen MR) is 79.3 cm³/mol. The first-order valence-corrected chi connectivity index (χ1v) is 7.71. The van der Waals surface area contributed by atoms with Crippen molar-refractivity contribution in [2.24, 2.45) is 5.73 Å². The summed E-state index contributed by atoms with van der Waals surface area (Å²) >= 11 is 0. The molecule has 0 atom stereocenters. The number of nitrogens with one attached hydrogen (secondary N) is 1. The number of hydrogen-bond acceptors (Lipinski definition) is 4. The molecule has 0 aliphatic carbocycles. The normalized spacial score (nSPS) is 18.1. The van der Waals surface area contributed by atoms with E-state index in [9.17, 15) is 8.42 Å². The summed E-state index contributed by atoms with van der Waals surface area (Å²) in [7, 11) is -3.46. The summed E-state index contributed by atoms with van der Waals surface area (Å²) < 4.78 is 26.7. The van der Waals surface area contributed by atoms with Crippen LogP contribution in [0, 0.1) is 0 Å². The van der Waals surface area contributed by atoms with Crippen LogP contribution in [-0.2, 0) is 10.0 Å². The molecule has 6 nitrogen and oxygen atoms in total. The highest BCUT2D eigenvalue weighted by Crippen LogP contribution is 2.26. The van der Waals surface area contributed by atoms with Crippen molar-refractivity contribution in [3.63, 3.8) is 0 Å². The molecule has 0 spiro atoms. The average Bonchev–Trinajstić information content (AvgIpc) is 2.83. The number of halogens is 1. The van der Waals surface area contributed by atoms with E-state index in [4.69, 9.17) is 5.73 Å². The third-order valence-corrected chi connectivity index (χ3v) is 5.47. The number of aromatic amines is 1. The van der Waals surface area contributed by atoms with Gasteiger partial charge in [0, 0.05) is 36.9 Å². The molecule has 3 rings (SSSR count).